The third-order valence-electron chi connectivity index (χ3n) is 2.90. The van der Waals surface area contributed by atoms with Crippen molar-refractivity contribution in [3.05, 3.63) is 0 Å². The predicted octanol–water partition coefficient (Wildman–Crippen LogP) is 0.0971. The Kier molecular flexibility index (Phi) is 3.50. The van der Waals surface area contributed by atoms with E-state index < -0.39 is 5.54 Å². The summed E-state index contributed by atoms with van der Waals surface area (Å²) in [5.41, 5.74) is 5.30. The molecule has 0 atom stereocenters. The maximum atomic E-state index is 12.0. The van der Waals surface area contributed by atoms with Crippen molar-refractivity contribution in [1.29, 1.82) is 0 Å². The molecule has 0 aromatic heterocycles. The summed E-state index contributed by atoms with van der Waals surface area (Å²) in [4.78, 5) is 13.6. The average Bonchev–Trinajstić information content (AvgIpc) is 2.08. The lowest BCUT2D eigenvalue weighted by Gasteiger charge is -2.41. The molecular weight excluding hydrogens is 180 g/mol. The third kappa shape index (κ3) is 2.07. The monoisotopic (exact) mass is 200 g/mol. The summed E-state index contributed by atoms with van der Waals surface area (Å²) in [5.74, 6) is -0.00667. The van der Waals surface area contributed by atoms with E-state index in [2.05, 4.69) is 0 Å². The molecule has 0 bridgehead atoms. The highest BCUT2D eigenvalue weighted by atomic mass is 16.3. The second-order valence-electron chi connectivity index (χ2n) is 4.33. The van der Waals surface area contributed by atoms with Crippen LogP contribution in [0.15, 0.2) is 0 Å². The van der Waals surface area contributed by atoms with Crippen molar-refractivity contribution in [2.75, 3.05) is 13.2 Å². The van der Waals surface area contributed by atoms with E-state index in [0.29, 0.717) is 6.54 Å². The van der Waals surface area contributed by atoms with Crippen LogP contribution in [0.3, 0.4) is 0 Å². The molecule has 0 aliphatic heterocycles. The highest BCUT2D eigenvalue weighted by molar-refractivity contribution is 5.87. The lowest BCUT2D eigenvalue weighted by Crippen LogP contribution is -2.61. The van der Waals surface area contributed by atoms with Gasteiger partial charge >= 0.3 is 0 Å². The number of nitrogens with two attached hydrogens (primary N) is 1. The van der Waals surface area contributed by atoms with Crippen molar-refractivity contribution >= 4 is 5.91 Å². The van der Waals surface area contributed by atoms with Crippen molar-refractivity contribution in [3.63, 3.8) is 0 Å². The maximum absolute atomic E-state index is 12.0. The first-order valence-electron chi connectivity index (χ1n) is 5.22. The third-order valence-corrected chi connectivity index (χ3v) is 2.90. The van der Waals surface area contributed by atoms with Crippen LogP contribution in [0.25, 0.3) is 0 Å². The van der Waals surface area contributed by atoms with E-state index in [0.717, 1.165) is 19.3 Å². The second kappa shape index (κ2) is 4.28. The normalized spacial score (nSPS) is 19.2. The molecule has 82 valence electrons. The number of aliphatic hydroxyl groups excluding tert-OH is 1. The minimum Gasteiger partial charge on any atom is -0.395 e. The van der Waals surface area contributed by atoms with Gasteiger partial charge in [-0.05, 0) is 33.1 Å². The summed E-state index contributed by atoms with van der Waals surface area (Å²) in [6, 6.07) is 0.107. The van der Waals surface area contributed by atoms with E-state index >= 15 is 0 Å². The Morgan fingerprint density at radius 3 is 2.43 bits per heavy atom. The van der Waals surface area contributed by atoms with Crippen LogP contribution in [-0.4, -0.2) is 40.6 Å². The molecule has 4 heteroatoms. The van der Waals surface area contributed by atoms with E-state index in [1.165, 1.54) is 0 Å². The van der Waals surface area contributed by atoms with Gasteiger partial charge in [-0.15, -0.1) is 0 Å². The SMILES string of the molecule is CC(C)N(CCO)C(=O)C1(N)CCC1. The maximum Gasteiger partial charge on any atom is 0.242 e. The molecule has 14 heavy (non-hydrogen) atoms. The van der Waals surface area contributed by atoms with Gasteiger partial charge in [0.05, 0.1) is 12.1 Å². The van der Waals surface area contributed by atoms with Gasteiger partial charge < -0.3 is 15.7 Å². The van der Waals surface area contributed by atoms with Gasteiger partial charge in [0.1, 0.15) is 0 Å². The molecule has 4 nitrogen and oxygen atoms in total. The molecule has 1 aliphatic carbocycles. The first-order valence-corrected chi connectivity index (χ1v) is 5.22. The number of carbonyl (C=O) groups is 1. The molecule has 0 saturated heterocycles. The average molecular weight is 200 g/mol. The van der Waals surface area contributed by atoms with Gasteiger partial charge in [-0.3, -0.25) is 4.79 Å². The van der Waals surface area contributed by atoms with Crippen LogP contribution in [0.1, 0.15) is 33.1 Å². The smallest absolute Gasteiger partial charge is 0.242 e. The second-order valence-corrected chi connectivity index (χ2v) is 4.33. The first-order chi connectivity index (χ1) is 6.51. The zero-order valence-electron chi connectivity index (χ0n) is 8.99. The van der Waals surface area contributed by atoms with Crippen molar-refractivity contribution in [2.45, 2.75) is 44.7 Å². The van der Waals surface area contributed by atoms with Crippen LogP contribution in [0.4, 0.5) is 0 Å². The fourth-order valence-electron chi connectivity index (χ4n) is 1.76. The van der Waals surface area contributed by atoms with Crippen LogP contribution in [0.2, 0.25) is 0 Å². The zero-order valence-corrected chi connectivity index (χ0v) is 8.99. The molecule has 1 aliphatic rings. The molecule has 0 radical (unpaired) electrons. The van der Waals surface area contributed by atoms with E-state index in [1.54, 1.807) is 4.90 Å². The first kappa shape index (κ1) is 11.5. The molecule has 0 heterocycles. The van der Waals surface area contributed by atoms with Crippen molar-refractivity contribution in [2.24, 2.45) is 5.73 Å². The fraction of sp³-hybridized carbons (Fsp3) is 0.900. The zero-order chi connectivity index (χ0) is 10.8. The van der Waals surface area contributed by atoms with Crippen molar-refractivity contribution < 1.29 is 9.90 Å². The molecule has 0 aromatic rings. The summed E-state index contributed by atoms with van der Waals surface area (Å²) in [6.45, 7) is 4.26. The van der Waals surface area contributed by atoms with Gasteiger partial charge in [-0.2, -0.15) is 0 Å². The molecule has 0 aromatic carbocycles. The van der Waals surface area contributed by atoms with Crippen LogP contribution in [0, 0.1) is 0 Å². The molecule has 0 unspecified atom stereocenters. The van der Waals surface area contributed by atoms with Crippen LogP contribution in [0.5, 0.6) is 0 Å². The Labute approximate surface area is 85.1 Å². The number of aliphatic hydroxyl groups is 1. The van der Waals surface area contributed by atoms with E-state index in [4.69, 9.17) is 10.8 Å². The predicted molar refractivity (Wildman–Crippen MR) is 54.7 cm³/mol. The van der Waals surface area contributed by atoms with E-state index in [1.807, 2.05) is 13.8 Å². The van der Waals surface area contributed by atoms with Gasteiger partial charge in [0.2, 0.25) is 5.91 Å². The minimum absolute atomic E-state index is 0. The quantitative estimate of drug-likeness (QED) is 0.676. The Hall–Kier alpha value is -0.610. The van der Waals surface area contributed by atoms with Crippen molar-refractivity contribution in [1.82, 2.24) is 4.90 Å². The van der Waals surface area contributed by atoms with Gasteiger partial charge in [-0.1, -0.05) is 0 Å². The standard InChI is InChI=1S/C10H20N2O2/c1-8(2)12(6-7-13)9(14)10(11)4-3-5-10/h8,13H,3-7,11H2,1-2H3. The largest absolute Gasteiger partial charge is 0.395 e. The van der Waals surface area contributed by atoms with Gasteiger partial charge in [0.25, 0.3) is 0 Å². The number of hydrogen-bond donors (Lipinski definition) is 2. The fourth-order valence-corrected chi connectivity index (χ4v) is 1.76. The minimum atomic E-state index is -0.639. The number of carbonyl (C=O) groups excluding carboxylic acids is 1. The summed E-state index contributed by atoms with van der Waals surface area (Å²) in [7, 11) is 0. The molecule has 0 spiro atoms. The number of amides is 1. The van der Waals surface area contributed by atoms with Crippen LogP contribution in [-0.2, 0) is 4.79 Å². The molecule has 1 saturated carbocycles. The number of nitrogens with zero attached hydrogens (tertiary/aromatic N) is 1. The Morgan fingerprint density at radius 2 is 2.14 bits per heavy atom. The van der Waals surface area contributed by atoms with Crippen LogP contribution < -0.4 is 5.73 Å². The Balaban J connectivity index is 2.63. The highest BCUT2D eigenvalue weighted by Crippen LogP contribution is 2.31. The summed E-state index contributed by atoms with van der Waals surface area (Å²) in [5, 5.41) is 8.86. The number of rotatable bonds is 4. The molecule has 3 N–H and O–H groups in total. The lowest BCUT2D eigenvalue weighted by molar-refractivity contribution is -0.142. The van der Waals surface area contributed by atoms with E-state index in [-0.39, 0.29) is 18.6 Å². The summed E-state index contributed by atoms with van der Waals surface area (Å²) < 4.78 is 0. The molecule has 1 amide bonds. The Morgan fingerprint density at radius 1 is 1.57 bits per heavy atom. The molecule has 1 rings (SSSR count). The summed E-state index contributed by atoms with van der Waals surface area (Å²) >= 11 is 0. The number of hydrogen-bond acceptors (Lipinski definition) is 3. The van der Waals surface area contributed by atoms with Gasteiger partial charge in [-0.25, -0.2) is 0 Å². The highest BCUT2D eigenvalue weighted by Gasteiger charge is 2.43. The lowest BCUT2D eigenvalue weighted by atomic mass is 9.76. The summed E-state index contributed by atoms with van der Waals surface area (Å²) in [6.07, 6.45) is 2.59. The Bertz CT molecular complexity index is 212. The molecular formula is C10H20N2O2. The van der Waals surface area contributed by atoms with Crippen LogP contribution >= 0.6 is 0 Å². The topological polar surface area (TPSA) is 66.6 Å². The molecule has 1 fully saturated rings. The van der Waals surface area contributed by atoms with E-state index in [9.17, 15) is 4.79 Å². The van der Waals surface area contributed by atoms with Gasteiger partial charge in [0.15, 0.2) is 0 Å². The van der Waals surface area contributed by atoms with Gasteiger partial charge in [0, 0.05) is 12.6 Å². The van der Waals surface area contributed by atoms with Crippen molar-refractivity contribution in [3.8, 4) is 0 Å².